The maximum absolute atomic E-state index is 11.0. The second-order valence-electron chi connectivity index (χ2n) is 8.04. The molecule has 29 heavy (non-hydrogen) atoms. The Bertz CT molecular complexity index is 815. The molecule has 1 saturated carbocycles. The minimum absolute atomic E-state index is 0.199. The quantitative estimate of drug-likeness (QED) is 0.619. The van der Waals surface area contributed by atoms with Crippen molar-refractivity contribution in [1.29, 1.82) is 0 Å². The van der Waals surface area contributed by atoms with Crippen LogP contribution < -0.4 is 4.74 Å². The maximum Gasteiger partial charge on any atom is 0.306 e. The highest BCUT2D eigenvalue weighted by Crippen LogP contribution is 2.32. The lowest BCUT2D eigenvalue weighted by Gasteiger charge is -2.29. The molecule has 6 nitrogen and oxygen atoms in total. The zero-order valence-electron chi connectivity index (χ0n) is 17.5. The Hall–Kier alpha value is -2.34. The highest BCUT2D eigenvalue weighted by Gasteiger charge is 2.24. The van der Waals surface area contributed by atoms with Gasteiger partial charge in [0.15, 0.2) is 0 Å². The van der Waals surface area contributed by atoms with Gasteiger partial charge in [0.25, 0.3) is 0 Å². The van der Waals surface area contributed by atoms with Crippen LogP contribution in [0.4, 0.5) is 0 Å². The Kier molecular flexibility index (Phi) is 7.31. The van der Waals surface area contributed by atoms with Crippen LogP contribution in [-0.4, -0.2) is 29.3 Å². The summed E-state index contributed by atoms with van der Waals surface area (Å²) in [6.07, 6.45) is 6.22. The molecule has 1 unspecified atom stereocenters. The molecule has 1 aromatic heterocycles. The third kappa shape index (κ3) is 5.82. The van der Waals surface area contributed by atoms with Crippen LogP contribution in [0.3, 0.4) is 0 Å². The third-order valence-electron chi connectivity index (χ3n) is 5.83. The number of carbonyl (C=O) groups is 1. The monoisotopic (exact) mass is 401 g/mol. The number of hydrogen-bond donors (Lipinski definition) is 1. The molecule has 1 aliphatic rings. The summed E-state index contributed by atoms with van der Waals surface area (Å²) in [7, 11) is 1.64. The summed E-state index contributed by atoms with van der Waals surface area (Å²) in [5.74, 6) is 1.67. The SMILES string of the molecule is COc1cccc(-c2nc(CO[C@H]3CCC[C@@H](CCC(C)C(=O)O)C3)c(C)o2)c1. The van der Waals surface area contributed by atoms with Crippen LogP contribution in [-0.2, 0) is 16.1 Å². The zero-order chi connectivity index (χ0) is 20.8. The summed E-state index contributed by atoms with van der Waals surface area (Å²) >= 11 is 0. The van der Waals surface area contributed by atoms with Gasteiger partial charge in [-0.25, -0.2) is 4.98 Å². The predicted octanol–water partition coefficient (Wildman–Crippen LogP) is 5.23. The van der Waals surface area contributed by atoms with Gasteiger partial charge in [-0.2, -0.15) is 0 Å². The summed E-state index contributed by atoms with van der Waals surface area (Å²) in [4.78, 5) is 15.6. The van der Waals surface area contributed by atoms with Crippen molar-refractivity contribution >= 4 is 5.97 Å². The lowest BCUT2D eigenvalue weighted by atomic mass is 9.83. The number of benzene rings is 1. The molecule has 1 N–H and O–H groups in total. The normalized spacial score (nSPS) is 20.4. The Morgan fingerprint density at radius 1 is 1.38 bits per heavy atom. The molecule has 1 heterocycles. The maximum atomic E-state index is 11.0. The second-order valence-corrected chi connectivity index (χ2v) is 8.04. The minimum Gasteiger partial charge on any atom is -0.497 e. The van der Waals surface area contributed by atoms with E-state index in [2.05, 4.69) is 4.98 Å². The van der Waals surface area contributed by atoms with Crippen LogP contribution in [0.5, 0.6) is 5.75 Å². The van der Waals surface area contributed by atoms with Crippen molar-refractivity contribution in [3.8, 4) is 17.2 Å². The molecule has 0 aliphatic heterocycles. The molecule has 3 atom stereocenters. The molecule has 1 aliphatic carbocycles. The number of carboxylic acids is 1. The number of rotatable bonds is 9. The van der Waals surface area contributed by atoms with Gasteiger partial charge in [0.05, 0.1) is 25.7 Å². The van der Waals surface area contributed by atoms with Crippen molar-refractivity contribution in [3.63, 3.8) is 0 Å². The number of nitrogens with zero attached hydrogens (tertiary/aromatic N) is 1. The predicted molar refractivity (Wildman–Crippen MR) is 110 cm³/mol. The van der Waals surface area contributed by atoms with Crippen molar-refractivity contribution in [2.75, 3.05) is 7.11 Å². The van der Waals surface area contributed by atoms with E-state index in [1.165, 1.54) is 0 Å². The molecule has 2 aromatic rings. The van der Waals surface area contributed by atoms with Gasteiger partial charge in [-0.3, -0.25) is 4.79 Å². The van der Waals surface area contributed by atoms with Gasteiger partial charge in [-0.1, -0.05) is 25.8 Å². The molecule has 0 spiro atoms. The van der Waals surface area contributed by atoms with Crippen LogP contribution in [0.25, 0.3) is 11.5 Å². The average molecular weight is 402 g/mol. The summed E-state index contributed by atoms with van der Waals surface area (Å²) in [6.45, 7) is 4.13. The molecule has 1 aromatic carbocycles. The Labute approximate surface area is 172 Å². The van der Waals surface area contributed by atoms with Gasteiger partial charge >= 0.3 is 5.97 Å². The Morgan fingerprint density at radius 2 is 2.21 bits per heavy atom. The van der Waals surface area contributed by atoms with Crippen molar-refractivity contribution in [2.24, 2.45) is 11.8 Å². The van der Waals surface area contributed by atoms with Gasteiger partial charge in [0.1, 0.15) is 17.2 Å². The first-order valence-electron chi connectivity index (χ1n) is 10.4. The molecule has 0 amide bonds. The first-order chi connectivity index (χ1) is 14.0. The number of oxazole rings is 1. The van der Waals surface area contributed by atoms with Crippen LogP contribution in [0.15, 0.2) is 28.7 Å². The number of ether oxygens (including phenoxy) is 2. The standard InChI is InChI=1S/C23H31NO5/c1-15(23(25)26)10-11-17-6-4-9-20(12-17)28-14-21-16(2)29-22(24-21)18-7-5-8-19(13-18)27-3/h5,7-8,13,15,17,20H,4,6,9-12,14H2,1-3H3,(H,25,26)/t15?,17-,20-/m0/s1. The Balaban J connectivity index is 1.54. The number of aryl methyl sites for hydroxylation is 1. The average Bonchev–Trinajstić information content (AvgIpc) is 3.11. The summed E-state index contributed by atoms with van der Waals surface area (Å²) in [5, 5.41) is 9.07. The first kappa shape index (κ1) is 21.4. The van der Waals surface area contributed by atoms with Crippen LogP contribution in [0.1, 0.15) is 56.9 Å². The smallest absolute Gasteiger partial charge is 0.306 e. The van der Waals surface area contributed by atoms with Gasteiger partial charge in [-0.05, 0) is 56.7 Å². The summed E-state index contributed by atoms with van der Waals surface area (Å²) in [5.41, 5.74) is 1.70. The lowest BCUT2D eigenvalue weighted by Crippen LogP contribution is -2.24. The third-order valence-corrected chi connectivity index (χ3v) is 5.83. The second kappa shape index (κ2) is 9.92. The number of aromatic nitrogens is 1. The van der Waals surface area contributed by atoms with E-state index in [0.29, 0.717) is 18.4 Å². The fourth-order valence-electron chi connectivity index (χ4n) is 3.90. The van der Waals surface area contributed by atoms with Crippen molar-refractivity contribution in [2.45, 2.75) is 65.1 Å². The van der Waals surface area contributed by atoms with E-state index in [1.807, 2.05) is 31.2 Å². The van der Waals surface area contributed by atoms with Crippen LogP contribution in [0.2, 0.25) is 0 Å². The van der Waals surface area contributed by atoms with Gasteiger partial charge < -0.3 is 19.0 Å². The van der Waals surface area contributed by atoms with E-state index in [1.54, 1.807) is 14.0 Å². The highest BCUT2D eigenvalue weighted by molar-refractivity contribution is 5.69. The van der Waals surface area contributed by atoms with E-state index in [-0.39, 0.29) is 12.0 Å². The van der Waals surface area contributed by atoms with Crippen LogP contribution in [0, 0.1) is 18.8 Å². The number of methoxy groups -OCH3 is 1. The van der Waals surface area contributed by atoms with Crippen molar-refractivity contribution in [3.05, 3.63) is 35.7 Å². The van der Waals surface area contributed by atoms with E-state index >= 15 is 0 Å². The zero-order valence-corrected chi connectivity index (χ0v) is 17.5. The van der Waals surface area contributed by atoms with E-state index in [4.69, 9.17) is 19.0 Å². The van der Waals surface area contributed by atoms with E-state index in [9.17, 15) is 4.79 Å². The van der Waals surface area contributed by atoms with Gasteiger partial charge in [0.2, 0.25) is 5.89 Å². The molecular formula is C23H31NO5. The molecule has 0 saturated heterocycles. The topological polar surface area (TPSA) is 81.8 Å². The molecule has 0 radical (unpaired) electrons. The Morgan fingerprint density at radius 3 is 2.97 bits per heavy atom. The first-order valence-corrected chi connectivity index (χ1v) is 10.4. The molecule has 0 bridgehead atoms. The number of aliphatic carboxylic acids is 1. The number of hydrogen-bond acceptors (Lipinski definition) is 5. The van der Waals surface area contributed by atoms with Crippen molar-refractivity contribution < 1.29 is 23.8 Å². The van der Waals surface area contributed by atoms with E-state index < -0.39 is 5.97 Å². The molecular weight excluding hydrogens is 370 g/mol. The van der Waals surface area contributed by atoms with Gasteiger partial charge in [-0.15, -0.1) is 0 Å². The summed E-state index contributed by atoms with van der Waals surface area (Å²) < 4.78 is 17.3. The number of carboxylic acid groups (broad SMARTS) is 1. The molecule has 6 heteroatoms. The lowest BCUT2D eigenvalue weighted by molar-refractivity contribution is -0.141. The van der Waals surface area contributed by atoms with E-state index in [0.717, 1.165) is 61.3 Å². The fraction of sp³-hybridized carbons (Fsp3) is 0.565. The molecule has 3 rings (SSSR count). The summed E-state index contributed by atoms with van der Waals surface area (Å²) in [6, 6.07) is 7.65. The largest absolute Gasteiger partial charge is 0.497 e. The molecule has 1 fully saturated rings. The minimum atomic E-state index is -0.707. The van der Waals surface area contributed by atoms with Crippen molar-refractivity contribution in [1.82, 2.24) is 4.98 Å². The van der Waals surface area contributed by atoms with Crippen LogP contribution >= 0.6 is 0 Å². The molecule has 158 valence electrons. The fourth-order valence-corrected chi connectivity index (χ4v) is 3.90. The highest BCUT2D eigenvalue weighted by atomic mass is 16.5. The van der Waals surface area contributed by atoms with Gasteiger partial charge in [0, 0.05) is 5.56 Å².